The number of carboxylic acid groups (broad SMARTS) is 1. The Hall–Kier alpha value is -0.780. The first-order chi connectivity index (χ1) is 6.32. The van der Waals surface area contributed by atoms with E-state index in [1.54, 1.807) is 0 Å². The first-order valence-corrected chi connectivity index (χ1v) is 4.27. The zero-order valence-corrected chi connectivity index (χ0v) is 7.54. The minimum atomic E-state index is -4.38. The fraction of sp³-hybridized carbons (Fsp3) is 0.875. The number of alkyl halides is 3. The van der Waals surface area contributed by atoms with Gasteiger partial charge in [0.25, 0.3) is 0 Å². The molecule has 1 aliphatic rings. The Morgan fingerprint density at radius 3 is 2.43 bits per heavy atom. The number of rotatable bonds is 2. The predicted octanol–water partition coefficient (Wildman–Crippen LogP) is 1.82. The average molecular weight is 212 g/mol. The van der Waals surface area contributed by atoms with Gasteiger partial charge < -0.3 is 9.84 Å². The molecule has 0 spiro atoms. The van der Waals surface area contributed by atoms with E-state index in [2.05, 4.69) is 4.74 Å². The van der Waals surface area contributed by atoms with Gasteiger partial charge in [0, 0.05) is 0 Å². The number of aliphatic carboxylic acids is 1. The van der Waals surface area contributed by atoms with Crippen LogP contribution in [0, 0.1) is 5.92 Å². The van der Waals surface area contributed by atoms with Crippen LogP contribution in [0.1, 0.15) is 19.8 Å². The van der Waals surface area contributed by atoms with Crippen molar-refractivity contribution in [2.75, 3.05) is 0 Å². The van der Waals surface area contributed by atoms with Gasteiger partial charge in [0.1, 0.15) is 0 Å². The highest BCUT2D eigenvalue weighted by Gasteiger charge is 2.47. The predicted molar refractivity (Wildman–Crippen MR) is 40.7 cm³/mol. The molecule has 0 bridgehead atoms. The maximum Gasteiger partial charge on any atom is 0.414 e. The molecule has 1 rings (SSSR count). The third-order valence-electron chi connectivity index (χ3n) is 2.36. The van der Waals surface area contributed by atoms with Gasteiger partial charge in [-0.25, -0.2) is 0 Å². The van der Waals surface area contributed by atoms with Gasteiger partial charge in [-0.2, -0.15) is 13.2 Å². The van der Waals surface area contributed by atoms with E-state index in [-0.39, 0.29) is 12.8 Å². The van der Waals surface area contributed by atoms with Crippen molar-refractivity contribution in [3.63, 3.8) is 0 Å². The van der Waals surface area contributed by atoms with Crippen molar-refractivity contribution < 1.29 is 27.8 Å². The lowest BCUT2D eigenvalue weighted by Crippen LogP contribution is -2.32. The Morgan fingerprint density at radius 1 is 1.50 bits per heavy atom. The maximum atomic E-state index is 12.1. The number of carboxylic acids is 1. The fourth-order valence-corrected chi connectivity index (χ4v) is 1.43. The molecule has 1 aliphatic heterocycles. The summed E-state index contributed by atoms with van der Waals surface area (Å²) in [6, 6.07) is 0. The molecule has 6 heteroatoms. The molecule has 0 amide bonds. The molecule has 82 valence electrons. The third-order valence-corrected chi connectivity index (χ3v) is 2.36. The molecule has 1 heterocycles. The topological polar surface area (TPSA) is 46.5 Å². The minimum Gasteiger partial charge on any atom is -0.481 e. The zero-order valence-electron chi connectivity index (χ0n) is 7.54. The van der Waals surface area contributed by atoms with Crippen molar-refractivity contribution in [2.24, 2.45) is 5.92 Å². The Labute approximate surface area is 78.9 Å². The monoisotopic (exact) mass is 212 g/mol. The van der Waals surface area contributed by atoms with Gasteiger partial charge in [-0.1, -0.05) is 0 Å². The van der Waals surface area contributed by atoms with Gasteiger partial charge in [0.05, 0.1) is 12.0 Å². The van der Waals surface area contributed by atoms with Gasteiger partial charge in [0.15, 0.2) is 6.10 Å². The Bertz CT molecular complexity index is 226. The third kappa shape index (κ3) is 2.37. The molecule has 3 unspecified atom stereocenters. The van der Waals surface area contributed by atoms with Crippen molar-refractivity contribution in [2.45, 2.75) is 38.1 Å². The van der Waals surface area contributed by atoms with E-state index in [0.29, 0.717) is 0 Å². The standard InChI is InChI=1S/C8H11F3O3/c1-4(7(12)13)5-2-3-6(14-5)8(9,10)11/h4-6H,2-3H2,1H3,(H,12,13). The Kier molecular flexibility index (Phi) is 3.04. The number of ether oxygens (including phenoxy) is 1. The summed E-state index contributed by atoms with van der Waals surface area (Å²) in [6.45, 7) is 1.35. The number of halogens is 3. The number of hydrogen-bond donors (Lipinski definition) is 1. The summed E-state index contributed by atoms with van der Waals surface area (Å²) in [4.78, 5) is 10.5. The van der Waals surface area contributed by atoms with Gasteiger partial charge in [-0.3, -0.25) is 4.79 Å². The number of carbonyl (C=O) groups is 1. The van der Waals surface area contributed by atoms with Crippen LogP contribution in [0.5, 0.6) is 0 Å². The molecule has 14 heavy (non-hydrogen) atoms. The van der Waals surface area contributed by atoms with E-state index in [0.717, 1.165) is 0 Å². The first-order valence-electron chi connectivity index (χ1n) is 4.27. The van der Waals surface area contributed by atoms with E-state index >= 15 is 0 Å². The molecule has 0 radical (unpaired) electrons. The molecule has 0 aromatic rings. The summed E-state index contributed by atoms with van der Waals surface area (Å²) in [7, 11) is 0. The minimum absolute atomic E-state index is 0.147. The zero-order chi connectivity index (χ0) is 10.9. The van der Waals surface area contributed by atoms with Crippen LogP contribution in [0.4, 0.5) is 13.2 Å². The first kappa shape index (κ1) is 11.3. The highest BCUT2D eigenvalue weighted by Crippen LogP contribution is 2.35. The van der Waals surface area contributed by atoms with Crippen LogP contribution in [0.15, 0.2) is 0 Å². The molecule has 1 N–H and O–H groups in total. The lowest BCUT2D eigenvalue weighted by Gasteiger charge is -2.18. The lowest BCUT2D eigenvalue weighted by atomic mass is 10.0. The molecular weight excluding hydrogens is 201 g/mol. The normalized spacial score (nSPS) is 30.3. The van der Waals surface area contributed by atoms with Crippen LogP contribution in [-0.2, 0) is 9.53 Å². The molecule has 0 aliphatic carbocycles. The second-order valence-corrected chi connectivity index (χ2v) is 3.41. The quantitative estimate of drug-likeness (QED) is 0.759. The van der Waals surface area contributed by atoms with E-state index in [1.807, 2.05) is 0 Å². The molecule has 1 saturated heterocycles. The Morgan fingerprint density at radius 2 is 2.07 bits per heavy atom. The second kappa shape index (κ2) is 3.76. The second-order valence-electron chi connectivity index (χ2n) is 3.41. The number of hydrogen-bond acceptors (Lipinski definition) is 2. The van der Waals surface area contributed by atoms with Crippen LogP contribution in [0.25, 0.3) is 0 Å². The summed E-state index contributed by atoms with van der Waals surface area (Å²) in [5.41, 5.74) is 0. The van der Waals surface area contributed by atoms with Crippen molar-refractivity contribution in [1.82, 2.24) is 0 Å². The molecule has 0 saturated carbocycles. The highest BCUT2D eigenvalue weighted by molar-refractivity contribution is 5.70. The van der Waals surface area contributed by atoms with Gasteiger partial charge in [0.2, 0.25) is 0 Å². The van der Waals surface area contributed by atoms with Crippen LogP contribution in [0.3, 0.4) is 0 Å². The lowest BCUT2D eigenvalue weighted by molar-refractivity contribution is -0.218. The molecule has 0 aromatic heterocycles. The highest BCUT2D eigenvalue weighted by atomic mass is 19.4. The van der Waals surface area contributed by atoms with Crippen molar-refractivity contribution in [1.29, 1.82) is 0 Å². The summed E-state index contributed by atoms with van der Waals surface area (Å²) < 4.78 is 41.0. The summed E-state index contributed by atoms with van der Waals surface area (Å²) in [5, 5.41) is 8.57. The largest absolute Gasteiger partial charge is 0.481 e. The van der Waals surface area contributed by atoms with Gasteiger partial charge in [-0.15, -0.1) is 0 Å². The van der Waals surface area contributed by atoms with Crippen LogP contribution < -0.4 is 0 Å². The van der Waals surface area contributed by atoms with Crippen LogP contribution in [-0.4, -0.2) is 29.5 Å². The summed E-state index contributed by atoms with van der Waals surface area (Å²) in [5.74, 6) is -2.01. The molecule has 1 fully saturated rings. The molecule has 3 nitrogen and oxygen atoms in total. The summed E-state index contributed by atoms with van der Waals surface area (Å²) in [6.07, 6.45) is -7.00. The fourth-order valence-electron chi connectivity index (χ4n) is 1.43. The van der Waals surface area contributed by atoms with Gasteiger partial charge >= 0.3 is 12.1 Å². The average Bonchev–Trinajstić information content (AvgIpc) is 2.49. The summed E-state index contributed by atoms with van der Waals surface area (Å²) >= 11 is 0. The van der Waals surface area contributed by atoms with Crippen molar-refractivity contribution in [3.05, 3.63) is 0 Å². The smallest absolute Gasteiger partial charge is 0.414 e. The van der Waals surface area contributed by atoms with E-state index in [4.69, 9.17) is 5.11 Å². The Balaban J connectivity index is 2.53. The molecule has 0 aromatic carbocycles. The SMILES string of the molecule is CC(C(=O)O)C1CCC(C(F)(F)F)O1. The van der Waals surface area contributed by atoms with Crippen molar-refractivity contribution >= 4 is 5.97 Å². The van der Waals surface area contributed by atoms with E-state index in [9.17, 15) is 18.0 Å². The van der Waals surface area contributed by atoms with Crippen molar-refractivity contribution in [3.8, 4) is 0 Å². The van der Waals surface area contributed by atoms with Crippen LogP contribution >= 0.6 is 0 Å². The van der Waals surface area contributed by atoms with E-state index < -0.39 is 30.3 Å². The van der Waals surface area contributed by atoms with E-state index in [1.165, 1.54) is 6.92 Å². The molecule has 3 atom stereocenters. The maximum absolute atomic E-state index is 12.1. The van der Waals surface area contributed by atoms with Gasteiger partial charge in [-0.05, 0) is 19.8 Å². The molecular formula is C8H11F3O3. The van der Waals surface area contributed by atoms with Crippen LogP contribution in [0.2, 0.25) is 0 Å².